The number of anilines is 1. The molecule has 1 aliphatic rings. The predicted molar refractivity (Wildman–Crippen MR) is 82.4 cm³/mol. The first-order valence-electron chi connectivity index (χ1n) is 7.71. The first-order valence-corrected chi connectivity index (χ1v) is 7.71. The van der Waals surface area contributed by atoms with Crippen molar-refractivity contribution in [3.8, 4) is 0 Å². The molecule has 4 atom stereocenters. The van der Waals surface area contributed by atoms with Crippen LogP contribution in [0.15, 0.2) is 17.1 Å². The average Bonchev–Trinajstić information content (AvgIpc) is 2.77. The molecule has 1 fully saturated rings. The molecule has 0 radical (unpaired) electrons. The van der Waals surface area contributed by atoms with Crippen molar-refractivity contribution < 1.29 is 20.1 Å². The van der Waals surface area contributed by atoms with Gasteiger partial charge in [-0.1, -0.05) is 19.8 Å². The van der Waals surface area contributed by atoms with Crippen molar-refractivity contribution in [1.82, 2.24) is 14.9 Å². The third kappa shape index (κ3) is 3.38. The van der Waals surface area contributed by atoms with Gasteiger partial charge in [0.05, 0.1) is 6.61 Å². The Hall–Kier alpha value is -1.52. The average molecular weight is 328 g/mol. The minimum absolute atomic E-state index is 0.0409. The van der Waals surface area contributed by atoms with Crippen molar-refractivity contribution in [2.75, 3.05) is 18.9 Å². The number of nitrogens with one attached hydrogen (secondary N) is 1. The van der Waals surface area contributed by atoms with Crippen molar-refractivity contribution in [2.24, 2.45) is 0 Å². The Balaban J connectivity index is 2.37. The number of unbranched alkanes of at least 4 members (excludes halogenated alkanes) is 2. The molecule has 130 valence electrons. The maximum atomic E-state index is 12.2. The number of nitrogens with two attached hydrogens (primary N) is 1. The molecule has 0 aromatic carbocycles. The summed E-state index contributed by atoms with van der Waals surface area (Å²) in [6.45, 7) is 2.01. The van der Waals surface area contributed by atoms with Crippen LogP contribution < -0.4 is 16.7 Å². The quantitative estimate of drug-likeness (QED) is 0.374. The van der Waals surface area contributed by atoms with Crippen molar-refractivity contribution in [1.29, 1.82) is 0 Å². The zero-order valence-corrected chi connectivity index (χ0v) is 13.1. The second kappa shape index (κ2) is 7.37. The first-order chi connectivity index (χ1) is 11.0. The number of nitrogens with zero attached hydrogens (tertiary/aromatic N) is 2. The number of aliphatic hydroxyl groups excluding tert-OH is 3. The number of nitrogen functional groups attached to an aromatic ring is 1. The lowest BCUT2D eigenvalue weighted by molar-refractivity contribution is -0.172. The van der Waals surface area contributed by atoms with Gasteiger partial charge in [0.15, 0.2) is 0 Å². The molecule has 1 aromatic heterocycles. The van der Waals surface area contributed by atoms with E-state index in [4.69, 9.17) is 10.5 Å². The summed E-state index contributed by atoms with van der Waals surface area (Å²) in [5, 5.41) is 32.8. The van der Waals surface area contributed by atoms with Crippen LogP contribution in [0.4, 0.5) is 5.82 Å². The minimum atomic E-state index is -1.70. The van der Waals surface area contributed by atoms with Crippen LogP contribution in [0, 0.1) is 0 Å². The molecule has 2 heterocycles. The molecular formula is C14H24N4O5. The van der Waals surface area contributed by atoms with Crippen LogP contribution in [0.1, 0.15) is 26.2 Å². The Morgan fingerprint density at radius 2 is 2.22 bits per heavy atom. The molecule has 9 heteroatoms. The maximum Gasteiger partial charge on any atom is 0.352 e. The second-order valence-corrected chi connectivity index (χ2v) is 5.61. The predicted octanol–water partition coefficient (Wildman–Crippen LogP) is -1.67. The molecule has 6 N–H and O–H groups in total. The number of aliphatic hydroxyl groups is 3. The summed E-state index contributed by atoms with van der Waals surface area (Å²) < 4.78 is 6.69. The second-order valence-electron chi connectivity index (χ2n) is 5.61. The highest BCUT2D eigenvalue weighted by molar-refractivity contribution is 5.24. The van der Waals surface area contributed by atoms with Gasteiger partial charge in [0.1, 0.15) is 24.1 Å². The SMILES string of the molecule is CCCCCN[C@@]1(n2ccc(N)nc2=O)O[C@H](CO)[C@@H](O)[C@H]1O. The summed E-state index contributed by atoms with van der Waals surface area (Å²) in [5.74, 6) is -1.66. The van der Waals surface area contributed by atoms with E-state index >= 15 is 0 Å². The lowest BCUT2D eigenvalue weighted by atomic mass is 10.1. The fourth-order valence-corrected chi connectivity index (χ4v) is 2.69. The zero-order chi connectivity index (χ0) is 17.0. The lowest BCUT2D eigenvalue weighted by Gasteiger charge is -2.34. The molecule has 0 unspecified atom stereocenters. The fourth-order valence-electron chi connectivity index (χ4n) is 2.69. The van der Waals surface area contributed by atoms with Crippen LogP contribution >= 0.6 is 0 Å². The number of ether oxygens (including phenoxy) is 1. The zero-order valence-electron chi connectivity index (χ0n) is 13.1. The largest absolute Gasteiger partial charge is 0.394 e. The number of rotatable bonds is 7. The monoisotopic (exact) mass is 328 g/mol. The Labute approximate surface area is 133 Å². The summed E-state index contributed by atoms with van der Waals surface area (Å²) in [6.07, 6.45) is 0.280. The van der Waals surface area contributed by atoms with E-state index in [-0.39, 0.29) is 5.82 Å². The Kier molecular flexibility index (Phi) is 5.71. The third-order valence-corrected chi connectivity index (χ3v) is 3.96. The van der Waals surface area contributed by atoms with Gasteiger partial charge in [-0.2, -0.15) is 4.98 Å². The summed E-state index contributed by atoms with van der Waals surface area (Å²) in [5.41, 5.74) is 4.76. The van der Waals surface area contributed by atoms with Gasteiger partial charge < -0.3 is 25.8 Å². The number of hydrogen-bond donors (Lipinski definition) is 5. The molecule has 1 saturated heterocycles. The van der Waals surface area contributed by atoms with Crippen LogP contribution in [-0.4, -0.2) is 56.3 Å². The Bertz CT molecular complexity index is 581. The first kappa shape index (κ1) is 17.8. The van der Waals surface area contributed by atoms with Gasteiger partial charge in [-0.05, 0) is 19.0 Å². The highest BCUT2D eigenvalue weighted by Crippen LogP contribution is 2.32. The normalized spacial score (nSPS) is 30.7. The van der Waals surface area contributed by atoms with E-state index in [0.717, 1.165) is 23.8 Å². The van der Waals surface area contributed by atoms with Crippen LogP contribution in [0.25, 0.3) is 0 Å². The van der Waals surface area contributed by atoms with E-state index in [1.807, 2.05) is 0 Å². The number of hydrogen-bond acceptors (Lipinski definition) is 8. The van der Waals surface area contributed by atoms with Gasteiger partial charge in [0, 0.05) is 6.20 Å². The van der Waals surface area contributed by atoms with E-state index in [2.05, 4.69) is 17.2 Å². The topological polar surface area (TPSA) is 143 Å². The van der Waals surface area contributed by atoms with E-state index in [9.17, 15) is 20.1 Å². The van der Waals surface area contributed by atoms with Gasteiger partial charge in [-0.25, -0.2) is 4.79 Å². The van der Waals surface area contributed by atoms with Gasteiger partial charge in [0.2, 0.25) is 5.85 Å². The standard InChI is InChI=1S/C14H24N4O5/c1-2-3-4-6-16-14(12(21)11(20)9(8-19)23-14)18-7-5-10(15)17-13(18)22/h5,7,9,11-12,16,19-21H,2-4,6,8H2,1H3,(H2,15,17,22)/t9-,11-,12-,14+/m1/s1. The van der Waals surface area contributed by atoms with Crippen molar-refractivity contribution in [3.63, 3.8) is 0 Å². The third-order valence-electron chi connectivity index (χ3n) is 3.96. The van der Waals surface area contributed by atoms with E-state index in [0.29, 0.717) is 6.54 Å². The minimum Gasteiger partial charge on any atom is -0.394 e. The Morgan fingerprint density at radius 1 is 1.48 bits per heavy atom. The Morgan fingerprint density at radius 3 is 2.78 bits per heavy atom. The van der Waals surface area contributed by atoms with Gasteiger partial charge in [-0.3, -0.25) is 9.88 Å². The molecule has 0 spiro atoms. The summed E-state index contributed by atoms with van der Waals surface area (Å²) in [6, 6.07) is 1.39. The van der Waals surface area contributed by atoms with Crippen LogP contribution in [-0.2, 0) is 10.6 Å². The van der Waals surface area contributed by atoms with Gasteiger partial charge >= 0.3 is 5.69 Å². The van der Waals surface area contributed by atoms with E-state index in [1.165, 1.54) is 12.3 Å². The molecule has 0 bridgehead atoms. The number of aromatic nitrogens is 2. The fraction of sp³-hybridized carbons (Fsp3) is 0.714. The summed E-state index contributed by atoms with van der Waals surface area (Å²) >= 11 is 0. The molecule has 0 aliphatic carbocycles. The van der Waals surface area contributed by atoms with Crippen molar-refractivity contribution in [2.45, 2.75) is 50.3 Å². The molecule has 1 aliphatic heterocycles. The highest BCUT2D eigenvalue weighted by atomic mass is 16.6. The van der Waals surface area contributed by atoms with Crippen LogP contribution in [0.3, 0.4) is 0 Å². The lowest BCUT2D eigenvalue weighted by Crippen LogP contribution is -2.60. The summed E-state index contributed by atoms with van der Waals surface area (Å²) in [4.78, 5) is 15.8. The molecule has 9 nitrogen and oxygen atoms in total. The molecule has 0 saturated carbocycles. The molecule has 23 heavy (non-hydrogen) atoms. The van der Waals surface area contributed by atoms with E-state index in [1.54, 1.807) is 0 Å². The van der Waals surface area contributed by atoms with Crippen LogP contribution in [0.5, 0.6) is 0 Å². The van der Waals surface area contributed by atoms with Crippen molar-refractivity contribution in [3.05, 3.63) is 22.7 Å². The van der Waals surface area contributed by atoms with Gasteiger partial charge in [0.25, 0.3) is 0 Å². The summed E-state index contributed by atoms with van der Waals surface area (Å²) in [7, 11) is 0. The maximum absolute atomic E-state index is 12.2. The molecule has 2 rings (SSSR count). The van der Waals surface area contributed by atoms with Crippen LogP contribution in [0.2, 0.25) is 0 Å². The van der Waals surface area contributed by atoms with Gasteiger partial charge in [-0.15, -0.1) is 0 Å². The van der Waals surface area contributed by atoms with Crippen molar-refractivity contribution >= 4 is 5.82 Å². The van der Waals surface area contributed by atoms with E-state index < -0.39 is 36.5 Å². The highest BCUT2D eigenvalue weighted by Gasteiger charge is 2.55. The molecular weight excluding hydrogens is 304 g/mol. The molecule has 1 aromatic rings. The molecule has 0 amide bonds. The smallest absolute Gasteiger partial charge is 0.352 e.